The molecule has 5 saturated carbocycles. The average Bonchev–Trinajstić information content (AvgIpc) is 3.40. The van der Waals surface area contributed by atoms with E-state index in [2.05, 4.69) is 11.8 Å². The predicted octanol–water partition coefficient (Wildman–Crippen LogP) is 1.68. The molecule has 0 aromatic heterocycles. The second-order valence-corrected chi connectivity index (χ2v) is 14.4. The summed E-state index contributed by atoms with van der Waals surface area (Å²) in [5.74, 6) is -2.55. The molecular formula is C34H47NO10. The predicted molar refractivity (Wildman–Crippen MR) is 159 cm³/mol. The van der Waals surface area contributed by atoms with Crippen molar-refractivity contribution in [1.82, 2.24) is 4.90 Å². The van der Waals surface area contributed by atoms with Gasteiger partial charge >= 0.3 is 11.9 Å². The monoisotopic (exact) mass is 629 g/mol. The third-order valence-corrected chi connectivity index (χ3v) is 13.1. The van der Waals surface area contributed by atoms with E-state index >= 15 is 0 Å². The van der Waals surface area contributed by atoms with E-state index in [1.807, 2.05) is 6.07 Å². The number of hydrogen-bond acceptors (Lipinski definition) is 11. The highest BCUT2D eigenvalue weighted by molar-refractivity contribution is 5.89. The first kappa shape index (κ1) is 31.5. The maximum Gasteiger partial charge on any atom is 0.338 e. The van der Waals surface area contributed by atoms with Crippen molar-refractivity contribution < 1.29 is 48.2 Å². The summed E-state index contributed by atoms with van der Waals surface area (Å²) in [6, 6.07) is 8.56. The van der Waals surface area contributed by atoms with Crippen LogP contribution in [0.5, 0.6) is 0 Å². The van der Waals surface area contributed by atoms with E-state index < -0.39 is 76.3 Å². The van der Waals surface area contributed by atoms with Gasteiger partial charge in [0.2, 0.25) is 0 Å². The lowest BCUT2D eigenvalue weighted by Gasteiger charge is -2.70. The molecule has 0 amide bonds. The Labute approximate surface area is 264 Å². The van der Waals surface area contributed by atoms with Gasteiger partial charge in [0.05, 0.1) is 36.6 Å². The topological polar surface area (TPSA) is 133 Å². The SMILES string of the molecule is CCN1C[C@]2(COC)[C@H](O)C[C@H](OC)[C@@]34[C@@H]5C[C@]6(O)[C@@H](OC)C[C@](OC(C)=O)(C([C@H](OC)[C@H]23)[C@@H]14)[C@H]5[C@H]6OC(=O)c1ccccc1. The first-order valence-corrected chi connectivity index (χ1v) is 16.2. The summed E-state index contributed by atoms with van der Waals surface area (Å²) in [4.78, 5) is 29.3. The van der Waals surface area contributed by atoms with Crippen molar-refractivity contribution in [1.29, 1.82) is 0 Å². The number of rotatable bonds is 9. The van der Waals surface area contributed by atoms with Crippen LogP contribution in [0.1, 0.15) is 43.5 Å². The van der Waals surface area contributed by atoms with Gasteiger partial charge in [0.1, 0.15) is 17.3 Å². The van der Waals surface area contributed by atoms with Crippen molar-refractivity contribution in [3.8, 4) is 0 Å². The van der Waals surface area contributed by atoms with Crippen molar-refractivity contribution in [2.24, 2.45) is 34.5 Å². The van der Waals surface area contributed by atoms with E-state index in [0.29, 0.717) is 31.7 Å². The Balaban J connectivity index is 1.50. The number of esters is 2. The highest BCUT2D eigenvalue weighted by Gasteiger charge is 2.90. The summed E-state index contributed by atoms with van der Waals surface area (Å²) in [5, 5.41) is 24.8. The van der Waals surface area contributed by atoms with Gasteiger partial charge in [-0.05, 0) is 31.0 Å². The van der Waals surface area contributed by atoms with Crippen LogP contribution >= 0.6 is 0 Å². The number of likely N-dealkylation sites (tertiary alicyclic amines) is 1. The maximum absolute atomic E-state index is 13.7. The van der Waals surface area contributed by atoms with Crippen LogP contribution in [0.15, 0.2) is 30.3 Å². The number of carbonyl (C=O) groups is 2. The smallest absolute Gasteiger partial charge is 0.338 e. The van der Waals surface area contributed by atoms with Crippen LogP contribution < -0.4 is 0 Å². The fourth-order valence-electron chi connectivity index (χ4n) is 12.2. The second-order valence-electron chi connectivity index (χ2n) is 14.4. The Morgan fingerprint density at radius 3 is 2.31 bits per heavy atom. The van der Waals surface area contributed by atoms with Gasteiger partial charge in [0.15, 0.2) is 0 Å². The van der Waals surface area contributed by atoms with Crippen molar-refractivity contribution in [2.75, 3.05) is 48.1 Å². The van der Waals surface area contributed by atoms with Crippen LogP contribution in [-0.4, -0.2) is 123 Å². The molecule has 1 aliphatic heterocycles. The third-order valence-electron chi connectivity index (χ3n) is 13.1. The van der Waals surface area contributed by atoms with Gasteiger partial charge in [0, 0.05) is 89.4 Å². The van der Waals surface area contributed by atoms with Crippen molar-refractivity contribution in [3.05, 3.63) is 35.9 Å². The van der Waals surface area contributed by atoms with E-state index in [1.165, 1.54) is 6.92 Å². The Morgan fingerprint density at radius 2 is 1.71 bits per heavy atom. The van der Waals surface area contributed by atoms with E-state index in [0.717, 1.165) is 0 Å². The van der Waals surface area contributed by atoms with Crippen LogP contribution in [0.3, 0.4) is 0 Å². The molecule has 1 spiro atoms. The molecule has 1 aromatic rings. The van der Waals surface area contributed by atoms with Crippen molar-refractivity contribution >= 4 is 11.9 Å². The summed E-state index contributed by atoms with van der Waals surface area (Å²) >= 11 is 0. The largest absolute Gasteiger partial charge is 0.458 e. The number of carbonyl (C=O) groups excluding carboxylic acids is 2. The molecule has 45 heavy (non-hydrogen) atoms. The summed E-state index contributed by atoms with van der Waals surface area (Å²) in [5.41, 5.74) is -3.74. The molecule has 5 aliphatic carbocycles. The number of benzene rings is 1. The molecule has 14 atom stereocenters. The molecule has 7 bridgehead atoms. The zero-order valence-corrected chi connectivity index (χ0v) is 27.0. The van der Waals surface area contributed by atoms with Gasteiger partial charge in [-0.15, -0.1) is 0 Å². The molecule has 6 aliphatic rings. The number of piperidine rings is 1. The molecule has 1 aromatic carbocycles. The first-order valence-electron chi connectivity index (χ1n) is 16.2. The molecule has 1 saturated heterocycles. The summed E-state index contributed by atoms with van der Waals surface area (Å²) in [6.45, 7) is 5.08. The molecular weight excluding hydrogens is 582 g/mol. The molecule has 7 rings (SSSR count). The minimum Gasteiger partial charge on any atom is -0.458 e. The Kier molecular flexibility index (Phi) is 7.48. The first-order chi connectivity index (χ1) is 21.5. The van der Waals surface area contributed by atoms with Gasteiger partial charge in [-0.2, -0.15) is 0 Å². The minimum atomic E-state index is -1.55. The van der Waals surface area contributed by atoms with Gasteiger partial charge in [-0.3, -0.25) is 9.69 Å². The Morgan fingerprint density at radius 1 is 1.00 bits per heavy atom. The van der Waals surface area contributed by atoms with E-state index in [1.54, 1.807) is 52.7 Å². The van der Waals surface area contributed by atoms with Crippen LogP contribution in [0.4, 0.5) is 0 Å². The number of hydrogen-bond donors (Lipinski definition) is 2. The Hall–Kier alpha value is -2.12. The van der Waals surface area contributed by atoms with Gasteiger partial charge in [-0.25, -0.2) is 4.79 Å². The van der Waals surface area contributed by atoms with E-state index in [-0.39, 0.29) is 30.7 Å². The second kappa shape index (κ2) is 10.7. The zero-order chi connectivity index (χ0) is 32.1. The molecule has 6 fully saturated rings. The summed E-state index contributed by atoms with van der Waals surface area (Å²) in [7, 11) is 6.58. The fraction of sp³-hybridized carbons (Fsp3) is 0.765. The number of ether oxygens (including phenoxy) is 6. The van der Waals surface area contributed by atoms with Gasteiger partial charge < -0.3 is 38.6 Å². The molecule has 11 nitrogen and oxygen atoms in total. The highest BCUT2D eigenvalue weighted by atomic mass is 16.6. The average molecular weight is 630 g/mol. The number of fused-ring (bicyclic) bond motifs is 2. The number of aliphatic hydroxyl groups excluding tert-OH is 1. The van der Waals surface area contributed by atoms with Crippen LogP contribution in [0.25, 0.3) is 0 Å². The maximum atomic E-state index is 13.7. The molecule has 11 heteroatoms. The van der Waals surface area contributed by atoms with Crippen LogP contribution in [-0.2, 0) is 33.2 Å². The molecule has 0 radical (unpaired) electrons. The molecule has 248 valence electrons. The fourth-order valence-corrected chi connectivity index (χ4v) is 12.2. The molecule has 2 N–H and O–H groups in total. The lowest BCUT2D eigenvalue weighted by Crippen LogP contribution is -2.79. The lowest BCUT2D eigenvalue weighted by molar-refractivity contribution is -0.300. The van der Waals surface area contributed by atoms with E-state index in [9.17, 15) is 19.8 Å². The Bertz CT molecular complexity index is 1330. The van der Waals surface area contributed by atoms with Crippen LogP contribution in [0.2, 0.25) is 0 Å². The van der Waals surface area contributed by atoms with Crippen LogP contribution in [0, 0.1) is 34.5 Å². The molecule has 1 heterocycles. The van der Waals surface area contributed by atoms with Crippen molar-refractivity contribution in [2.45, 2.75) is 80.9 Å². The summed E-state index contributed by atoms with van der Waals surface area (Å²) in [6.07, 6.45) is -2.55. The third kappa shape index (κ3) is 3.72. The standard InChI is InChI=1S/C34H47NO10/c1-7-35-16-31(17-40-3)21(37)13-22(41-4)34-20-14-32(39)23(42-5)15-33(45-18(2)36,25(28(34)35)26(43-6)27(31)34)24(20)29(32)44-30(38)19-11-9-8-10-12-19/h8-12,20-29,37,39H,7,13-17H2,1-6H3/t20-,21-,22+,23+,24-,25?,26+,27-,28-,29-,31+,32+,33-,34+/m1/s1. The normalized spacial score (nSPS) is 49.1. The van der Waals surface area contributed by atoms with Gasteiger partial charge in [0.25, 0.3) is 0 Å². The zero-order valence-electron chi connectivity index (χ0n) is 27.0. The number of aliphatic hydroxyl groups is 2. The number of methoxy groups -OCH3 is 4. The quantitative estimate of drug-likeness (QED) is 0.387. The number of nitrogens with zero attached hydrogens (tertiary/aromatic N) is 1. The lowest BCUT2D eigenvalue weighted by atomic mass is 9.42. The van der Waals surface area contributed by atoms with Crippen molar-refractivity contribution in [3.63, 3.8) is 0 Å². The minimum absolute atomic E-state index is 0.163. The van der Waals surface area contributed by atoms with E-state index in [4.69, 9.17) is 28.4 Å². The summed E-state index contributed by atoms with van der Waals surface area (Å²) < 4.78 is 37.9. The van der Waals surface area contributed by atoms with Gasteiger partial charge in [-0.1, -0.05) is 25.1 Å². The highest BCUT2D eigenvalue weighted by Crippen LogP contribution is 2.80. The molecule has 1 unspecified atom stereocenters.